The SMILES string of the molecule is N#CC[C@@H]1CCCN(c2nc(OCC=O)nc3c(F)c(-c4cc(O)cc5ccccc45)c(Cl)cc23)C1. The molecule has 0 spiro atoms. The van der Waals surface area contributed by atoms with E-state index >= 15 is 4.39 Å². The van der Waals surface area contributed by atoms with Gasteiger partial charge in [-0.05, 0) is 53.3 Å². The number of hydrogen-bond acceptors (Lipinski definition) is 7. The Morgan fingerprint density at radius 1 is 1.25 bits per heavy atom. The monoisotopic (exact) mass is 504 g/mol. The van der Waals surface area contributed by atoms with Gasteiger partial charge in [-0.25, -0.2) is 4.39 Å². The maximum absolute atomic E-state index is 16.3. The van der Waals surface area contributed by atoms with Gasteiger partial charge < -0.3 is 14.7 Å². The summed E-state index contributed by atoms with van der Waals surface area (Å²) < 4.78 is 21.7. The zero-order valence-electron chi connectivity index (χ0n) is 19.2. The van der Waals surface area contributed by atoms with Crippen LogP contribution in [-0.2, 0) is 4.79 Å². The first-order valence-electron chi connectivity index (χ1n) is 11.6. The van der Waals surface area contributed by atoms with Crippen molar-refractivity contribution in [1.29, 1.82) is 5.26 Å². The first-order chi connectivity index (χ1) is 17.5. The Bertz CT molecular complexity index is 1520. The number of nitrogens with zero attached hydrogens (tertiary/aromatic N) is 4. The third kappa shape index (κ3) is 4.38. The standard InChI is InChI=1S/C27H22ClFN4O3/c28-22-14-21-25(24(29)23(22)20-13-18(35)12-17-5-1-2-6-19(17)20)31-27(36-11-10-34)32-26(21)33-9-3-4-16(15-33)7-8-30/h1-2,5-6,10,12-14,16,35H,3-4,7,9,11,15H2/t16-/m0/s1. The van der Waals surface area contributed by atoms with Gasteiger partial charge in [-0.3, -0.25) is 4.79 Å². The van der Waals surface area contributed by atoms with Gasteiger partial charge >= 0.3 is 6.01 Å². The topological polar surface area (TPSA) is 99.3 Å². The van der Waals surface area contributed by atoms with E-state index in [0.717, 1.165) is 23.6 Å². The van der Waals surface area contributed by atoms with E-state index in [4.69, 9.17) is 21.6 Å². The number of hydrogen-bond donors (Lipinski definition) is 1. The van der Waals surface area contributed by atoms with Crippen molar-refractivity contribution in [3.63, 3.8) is 0 Å². The summed E-state index contributed by atoms with van der Waals surface area (Å²) in [7, 11) is 0. The smallest absolute Gasteiger partial charge is 0.319 e. The highest BCUT2D eigenvalue weighted by Gasteiger charge is 2.27. The Morgan fingerprint density at radius 2 is 2.08 bits per heavy atom. The summed E-state index contributed by atoms with van der Waals surface area (Å²) in [6.45, 7) is 0.964. The molecule has 1 atom stereocenters. The average Bonchev–Trinajstić information content (AvgIpc) is 2.87. The fourth-order valence-electron chi connectivity index (χ4n) is 4.88. The van der Waals surface area contributed by atoms with E-state index in [2.05, 4.69) is 16.0 Å². The highest BCUT2D eigenvalue weighted by Crippen LogP contribution is 2.42. The molecule has 0 aliphatic carbocycles. The fraction of sp³-hybridized carbons (Fsp3) is 0.259. The van der Waals surface area contributed by atoms with E-state index < -0.39 is 5.82 Å². The predicted molar refractivity (Wildman–Crippen MR) is 136 cm³/mol. The molecule has 0 unspecified atom stereocenters. The molecule has 0 saturated carbocycles. The number of piperidine rings is 1. The van der Waals surface area contributed by atoms with Crippen molar-refractivity contribution in [3.8, 4) is 29.0 Å². The number of phenolic OH excluding ortho intramolecular Hbond substituents is 1. The summed E-state index contributed by atoms with van der Waals surface area (Å²) >= 11 is 6.69. The number of ether oxygens (including phenoxy) is 1. The number of aromatic nitrogens is 2. The van der Waals surface area contributed by atoms with Crippen LogP contribution in [0.15, 0.2) is 42.5 Å². The van der Waals surface area contributed by atoms with Crippen LogP contribution in [0, 0.1) is 23.1 Å². The lowest BCUT2D eigenvalue weighted by Crippen LogP contribution is -2.36. The van der Waals surface area contributed by atoms with E-state index in [1.807, 2.05) is 29.2 Å². The summed E-state index contributed by atoms with van der Waals surface area (Å²) in [6.07, 6.45) is 2.76. The molecule has 36 heavy (non-hydrogen) atoms. The van der Waals surface area contributed by atoms with Gasteiger partial charge in [0.05, 0.1) is 11.1 Å². The lowest BCUT2D eigenvalue weighted by atomic mass is 9.94. The Hall–Kier alpha value is -3.96. The Morgan fingerprint density at radius 3 is 2.89 bits per heavy atom. The molecule has 0 radical (unpaired) electrons. The number of phenols is 1. The van der Waals surface area contributed by atoms with E-state index in [9.17, 15) is 9.90 Å². The first kappa shape index (κ1) is 23.8. The number of halogens is 2. The third-order valence-corrected chi connectivity index (χ3v) is 6.74. The van der Waals surface area contributed by atoms with E-state index in [-0.39, 0.29) is 40.4 Å². The minimum atomic E-state index is -0.682. The number of nitriles is 1. The third-order valence-electron chi connectivity index (χ3n) is 6.44. The zero-order chi connectivity index (χ0) is 25.2. The molecule has 1 N–H and O–H groups in total. The molecule has 7 nitrogen and oxygen atoms in total. The molecule has 1 aromatic heterocycles. The van der Waals surface area contributed by atoms with Crippen LogP contribution in [0.5, 0.6) is 11.8 Å². The summed E-state index contributed by atoms with van der Waals surface area (Å²) in [4.78, 5) is 21.7. The van der Waals surface area contributed by atoms with Crippen molar-refractivity contribution in [2.24, 2.45) is 5.92 Å². The molecule has 1 saturated heterocycles. The number of rotatable bonds is 6. The molecule has 1 aliphatic rings. The number of carbonyl (C=O) groups is 1. The van der Waals surface area contributed by atoms with Gasteiger partial charge in [-0.2, -0.15) is 15.2 Å². The van der Waals surface area contributed by atoms with Crippen LogP contribution in [0.2, 0.25) is 5.02 Å². The van der Waals surface area contributed by atoms with Gasteiger partial charge in [0.1, 0.15) is 23.7 Å². The minimum Gasteiger partial charge on any atom is -0.508 e. The highest BCUT2D eigenvalue weighted by atomic mass is 35.5. The molecular formula is C27H22ClFN4O3. The second kappa shape index (κ2) is 9.96. The molecule has 1 aliphatic heterocycles. The van der Waals surface area contributed by atoms with Gasteiger partial charge in [0.25, 0.3) is 0 Å². The maximum Gasteiger partial charge on any atom is 0.319 e. The summed E-state index contributed by atoms with van der Waals surface area (Å²) in [5, 5.41) is 21.5. The summed E-state index contributed by atoms with van der Waals surface area (Å²) in [5.74, 6) is -0.101. The molecule has 3 aromatic carbocycles. The highest BCUT2D eigenvalue weighted by molar-refractivity contribution is 6.35. The molecule has 4 aromatic rings. The summed E-state index contributed by atoms with van der Waals surface area (Å²) in [5.41, 5.74) is 0.524. The lowest BCUT2D eigenvalue weighted by Gasteiger charge is -2.33. The second-order valence-electron chi connectivity index (χ2n) is 8.78. The molecule has 0 amide bonds. The molecule has 1 fully saturated rings. The van der Waals surface area contributed by atoms with E-state index in [1.165, 1.54) is 6.07 Å². The first-order valence-corrected chi connectivity index (χ1v) is 12.0. The average molecular weight is 505 g/mol. The zero-order valence-corrected chi connectivity index (χ0v) is 20.0. The second-order valence-corrected chi connectivity index (χ2v) is 9.19. The Kier molecular flexibility index (Phi) is 6.57. The van der Waals surface area contributed by atoms with Crippen molar-refractivity contribution in [3.05, 3.63) is 53.3 Å². The van der Waals surface area contributed by atoms with Crippen molar-refractivity contribution < 1.29 is 19.0 Å². The quantitative estimate of drug-likeness (QED) is 0.338. The molecule has 9 heteroatoms. The molecule has 0 bridgehead atoms. The van der Waals surface area contributed by atoms with Gasteiger partial charge in [-0.1, -0.05) is 35.9 Å². The van der Waals surface area contributed by atoms with Crippen molar-refractivity contribution in [2.75, 3.05) is 24.6 Å². The number of anilines is 1. The van der Waals surface area contributed by atoms with Gasteiger partial charge in [0.15, 0.2) is 12.1 Å². The Labute approximate surface area is 211 Å². The van der Waals surface area contributed by atoms with Gasteiger partial charge in [0, 0.05) is 30.5 Å². The number of fused-ring (bicyclic) bond motifs is 2. The lowest BCUT2D eigenvalue weighted by molar-refractivity contribution is -0.109. The normalized spacial score (nSPS) is 15.7. The van der Waals surface area contributed by atoms with Crippen LogP contribution in [-0.4, -0.2) is 41.1 Å². The van der Waals surface area contributed by atoms with Crippen LogP contribution in [0.25, 0.3) is 32.8 Å². The maximum atomic E-state index is 16.3. The number of aromatic hydroxyl groups is 1. The van der Waals surface area contributed by atoms with Crippen LogP contribution >= 0.6 is 11.6 Å². The molecule has 2 heterocycles. The molecular weight excluding hydrogens is 483 g/mol. The van der Waals surface area contributed by atoms with Gasteiger partial charge in [-0.15, -0.1) is 0 Å². The van der Waals surface area contributed by atoms with Crippen molar-refractivity contribution >= 4 is 45.4 Å². The Balaban J connectivity index is 1.74. The van der Waals surface area contributed by atoms with E-state index in [0.29, 0.717) is 42.6 Å². The largest absolute Gasteiger partial charge is 0.508 e. The number of aldehydes is 1. The van der Waals surface area contributed by atoms with Crippen LogP contribution in [0.4, 0.5) is 10.2 Å². The van der Waals surface area contributed by atoms with Crippen molar-refractivity contribution in [1.82, 2.24) is 9.97 Å². The van der Waals surface area contributed by atoms with Crippen LogP contribution in [0.3, 0.4) is 0 Å². The van der Waals surface area contributed by atoms with Crippen LogP contribution in [0.1, 0.15) is 19.3 Å². The molecule has 182 valence electrons. The summed E-state index contributed by atoms with van der Waals surface area (Å²) in [6, 6.07) is 14.1. The van der Waals surface area contributed by atoms with Crippen LogP contribution < -0.4 is 9.64 Å². The predicted octanol–water partition coefficient (Wildman–Crippen LogP) is 5.66. The fourth-order valence-corrected chi connectivity index (χ4v) is 5.17. The number of carbonyl (C=O) groups excluding carboxylic acids is 1. The van der Waals surface area contributed by atoms with Crippen molar-refractivity contribution in [2.45, 2.75) is 19.3 Å². The van der Waals surface area contributed by atoms with E-state index in [1.54, 1.807) is 12.1 Å². The number of benzene rings is 3. The van der Waals surface area contributed by atoms with Gasteiger partial charge in [0.2, 0.25) is 0 Å². The molecule has 5 rings (SSSR count). The minimum absolute atomic E-state index is 0.00451.